The third-order valence-electron chi connectivity index (χ3n) is 12.6. The molecular formula is C51H37N3. The average molecular weight is 692 g/mol. The largest absolute Gasteiger partial charge is 0.333 e. The zero-order chi connectivity index (χ0) is 35.7. The van der Waals surface area contributed by atoms with Gasteiger partial charge in [0.1, 0.15) is 0 Å². The number of para-hydroxylation sites is 4. The third kappa shape index (κ3) is 3.86. The Balaban J connectivity index is 1.10. The Hall–Kier alpha value is -6.58. The second-order valence-corrected chi connectivity index (χ2v) is 15.7. The van der Waals surface area contributed by atoms with Crippen molar-refractivity contribution >= 4 is 60.6 Å². The van der Waals surface area contributed by atoms with E-state index in [9.17, 15) is 0 Å². The first-order chi connectivity index (χ1) is 26.6. The number of aromatic nitrogens is 2. The predicted molar refractivity (Wildman–Crippen MR) is 226 cm³/mol. The van der Waals surface area contributed by atoms with Crippen molar-refractivity contribution in [1.82, 2.24) is 9.13 Å². The molecule has 0 bridgehead atoms. The molecule has 1 aliphatic heterocycles. The van der Waals surface area contributed by atoms with Gasteiger partial charge in [-0.15, -0.1) is 0 Å². The molecule has 3 heterocycles. The maximum atomic E-state index is 2.61. The Morgan fingerprint density at radius 1 is 0.481 bits per heavy atom. The number of hydrogen-bond acceptors (Lipinski definition) is 1. The monoisotopic (exact) mass is 691 g/mol. The highest BCUT2D eigenvalue weighted by Crippen LogP contribution is 2.60. The standard InChI is InChI=1S/C51H37N3/c1-51(2)42-22-12-9-19-35(42)38-27-28-45-49(50(38)51)39-21-11-14-24-44(39)54(45)34-25-26-37-41-30-40-36-20-10-13-23-43(36)52(32-15-5-3-6-16-32)47(40)31-48(41)53(46(37)29-34)33-17-7-4-8-18-33/h3-31,45,49H,1-2H3. The maximum Gasteiger partial charge on any atom is 0.0633 e. The van der Waals surface area contributed by atoms with Gasteiger partial charge in [-0.3, -0.25) is 0 Å². The molecule has 54 heavy (non-hydrogen) atoms. The van der Waals surface area contributed by atoms with Crippen molar-refractivity contribution in [2.75, 3.05) is 4.90 Å². The summed E-state index contributed by atoms with van der Waals surface area (Å²) in [5.41, 5.74) is 16.8. The molecule has 2 atom stereocenters. The predicted octanol–water partition coefficient (Wildman–Crippen LogP) is 12.8. The highest BCUT2D eigenvalue weighted by atomic mass is 15.2. The molecule has 2 unspecified atom stereocenters. The van der Waals surface area contributed by atoms with Crippen LogP contribution in [-0.2, 0) is 5.41 Å². The van der Waals surface area contributed by atoms with Crippen LogP contribution in [-0.4, -0.2) is 15.2 Å². The highest BCUT2D eigenvalue weighted by molar-refractivity contribution is 6.19. The number of rotatable bonds is 3. The summed E-state index contributed by atoms with van der Waals surface area (Å²) >= 11 is 0. The summed E-state index contributed by atoms with van der Waals surface area (Å²) < 4.78 is 4.90. The van der Waals surface area contributed by atoms with Gasteiger partial charge >= 0.3 is 0 Å². The molecule has 12 rings (SSSR count). The second-order valence-electron chi connectivity index (χ2n) is 15.7. The van der Waals surface area contributed by atoms with E-state index in [-0.39, 0.29) is 17.4 Å². The molecule has 0 amide bonds. The molecule has 9 aromatic rings. The van der Waals surface area contributed by atoms with Gasteiger partial charge in [0, 0.05) is 55.6 Å². The molecule has 0 spiro atoms. The molecule has 0 N–H and O–H groups in total. The van der Waals surface area contributed by atoms with Crippen molar-refractivity contribution in [2.24, 2.45) is 0 Å². The van der Waals surface area contributed by atoms with Gasteiger partial charge in [-0.2, -0.15) is 0 Å². The fraction of sp³-hybridized carbons (Fsp3) is 0.0980. The lowest BCUT2D eigenvalue weighted by Crippen LogP contribution is -2.34. The van der Waals surface area contributed by atoms with Crippen LogP contribution in [0.25, 0.3) is 60.6 Å². The van der Waals surface area contributed by atoms with Gasteiger partial charge in [0.05, 0.1) is 28.1 Å². The van der Waals surface area contributed by atoms with E-state index in [1.807, 2.05) is 0 Å². The van der Waals surface area contributed by atoms with Crippen LogP contribution in [0.15, 0.2) is 182 Å². The lowest BCUT2D eigenvalue weighted by molar-refractivity contribution is 0.557. The Morgan fingerprint density at radius 3 is 1.87 bits per heavy atom. The molecule has 0 saturated heterocycles. The van der Waals surface area contributed by atoms with Crippen LogP contribution in [0.5, 0.6) is 0 Å². The van der Waals surface area contributed by atoms with E-state index in [1.54, 1.807) is 5.57 Å². The molecule has 3 nitrogen and oxygen atoms in total. The van der Waals surface area contributed by atoms with Crippen LogP contribution in [0.2, 0.25) is 0 Å². The van der Waals surface area contributed by atoms with E-state index >= 15 is 0 Å². The van der Waals surface area contributed by atoms with Gasteiger partial charge in [-0.05, 0) is 88.5 Å². The fourth-order valence-electron chi connectivity index (χ4n) is 10.4. The normalized spacial score (nSPS) is 18.1. The Labute approximate surface area is 314 Å². The number of nitrogens with zero attached hydrogens (tertiary/aromatic N) is 3. The number of benzene rings is 7. The summed E-state index contributed by atoms with van der Waals surface area (Å²) in [5, 5.41) is 5.06. The van der Waals surface area contributed by atoms with Crippen LogP contribution in [0.1, 0.15) is 36.5 Å². The number of hydrogen-bond donors (Lipinski definition) is 0. The SMILES string of the molecule is CC1(C)C2=C(C=CC3C2c2ccccc2N3c2ccc3c4cc5c6ccccc6n(-c6ccccc6)c5cc4n(-c4ccccc4)c3c2)c2ccccc21. The van der Waals surface area contributed by atoms with Crippen LogP contribution < -0.4 is 4.90 Å². The highest BCUT2D eigenvalue weighted by Gasteiger charge is 2.50. The zero-order valence-corrected chi connectivity index (χ0v) is 30.2. The van der Waals surface area contributed by atoms with Gasteiger partial charge in [0.15, 0.2) is 0 Å². The van der Waals surface area contributed by atoms with Gasteiger partial charge < -0.3 is 14.0 Å². The molecule has 2 aromatic heterocycles. The van der Waals surface area contributed by atoms with Gasteiger partial charge in [0.2, 0.25) is 0 Å². The maximum absolute atomic E-state index is 2.61. The molecule has 3 heteroatoms. The van der Waals surface area contributed by atoms with Gasteiger partial charge in [-0.1, -0.05) is 129 Å². The van der Waals surface area contributed by atoms with E-state index in [2.05, 4.69) is 204 Å². The topological polar surface area (TPSA) is 13.1 Å². The lowest BCUT2D eigenvalue weighted by Gasteiger charge is -2.36. The molecular weight excluding hydrogens is 655 g/mol. The van der Waals surface area contributed by atoms with Gasteiger partial charge in [0.25, 0.3) is 0 Å². The summed E-state index contributed by atoms with van der Waals surface area (Å²) in [6.07, 6.45) is 4.89. The van der Waals surface area contributed by atoms with Crippen molar-refractivity contribution in [3.8, 4) is 11.4 Å². The molecule has 3 aliphatic rings. The van der Waals surface area contributed by atoms with E-state index in [4.69, 9.17) is 0 Å². The second kappa shape index (κ2) is 10.7. The van der Waals surface area contributed by atoms with Crippen molar-refractivity contribution in [2.45, 2.75) is 31.2 Å². The quantitative estimate of drug-likeness (QED) is 0.180. The summed E-state index contributed by atoms with van der Waals surface area (Å²) in [5.74, 6) is 0.270. The Bertz CT molecular complexity index is 3080. The molecule has 2 aliphatic carbocycles. The summed E-state index contributed by atoms with van der Waals surface area (Å²) in [4.78, 5) is 2.61. The minimum absolute atomic E-state index is 0.0565. The summed E-state index contributed by atoms with van der Waals surface area (Å²) in [6.45, 7) is 4.85. The van der Waals surface area contributed by atoms with Gasteiger partial charge in [-0.25, -0.2) is 0 Å². The molecule has 0 saturated carbocycles. The van der Waals surface area contributed by atoms with E-state index in [1.165, 1.54) is 82.9 Å². The minimum atomic E-state index is -0.0565. The number of allylic oxidation sites excluding steroid dienone is 2. The van der Waals surface area contributed by atoms with Crippen molar-refractivity contribution in [3.63, 3.8) is 0 Å². The molecule has 256 valence electrons. The van der Waals surface area contributed by atoms with E-state index < -0.39 is 0 Å². The first kappa shape index (κ1) is 29.9. The number of anilines is 2. The van der Waals surface area contributed by atoms with E-state index in [0.717, 1.165) is 5.69 Å². The lowest BCUT2D eigenvalue weighted by atomic mass is 9.70. The van der Waals surface area contributed by atoms with Crippen LogP contribution in [0.3, 0.4) is 0 Å². The zero-order valence-electron chi connectivity index (χ0n) is 30.2. The first-order valence-electron chi connectivity index (χ1n) is 19.1. The average Bonchev–Trinajstić information content (AvgIpc) is 3.90. The van der Waals surface area contributed by atoms with E-state index in [0.29, 0.717) is 0 Å². The van der Waals surface area contributed by atoms with Crippen LogP contribution >= 0.6 is 0 Å². The van der Waals surface area contributed by atoms with Crippen LogP contribution in [0, 0.1) is 0 Å². The minimum Gasteiger partial charge on any atom is -0.333 e. The smallest absolute Gasteiger partial charge is 0.0633 e. The van der Waals surface area contributed by atoms with Crippen molar-refractivity contribution in [3.05, 3.63) is 198 Å². The van der Waals surface area contributed by atoms with Crippen molar-refractivity contribution < 1.29 is 0 Å². The first-order valence-corrected chi connectivity index (χ1v) is 19.1. The number of fused-ring (bicyclic) bond motifs is 12. The molecule has 0 fully saturated rings. The molecule has 7 aromatic carbocycles. The van der Waals surface area contributed by atoms with Crippen LogP contribution in [0.4, 0.5) is 11.4 Å². The fourth-order valence-corrected chi connectivity index (χ4v) is 10.4. The van der Waals surface area contributed by atoms with Crippen molar-refractivity contribution in [1.29, 1.82) is 0 Å². The summed E-state index contributed by atoms with van der Waals surface area (Å²) in [6, 6.07) is 60.8. The molecule has 0 radical (unpaired) electrons. The Morgan fingerprint density at radius 2 is 1.09 bits per heavy atom. The third-order valence-corrected chi connectivity index (χ3v) is 12.6. The Kier molecular flexibility index (Phi) is 5.96. The summed E-state index contributed by atoms with van der Waals surface area (Å²) in [7, 11) is 0.